The fraction of sp³-hybridized carbons (Fsp3) is 0.0741. The van der Waals surface area contributed by atoms with E-state index in [9.17, 15) is 18.5 Å². The predicted molar refractivity (Wildman–Crippen MR) is 136 cm³/mol. The first-order chi connectivity index (χ1) is 16.9. The van der Waals surface area contributed by atoms with Crippen LogP contribution in [-0.2, 0) is 10.0 Å². The van der Waals surface area contributed by atoms with Gasteiger partial charge < -0.3 is 0 Å². The third-order valence-electron chi connectivity index (χ3n) is 5.46. The quantitative estimate of drug-likeness (QED) is 0.181. The summed E-state index contributed by atoms with van der Waals surface area (Å²) in [6.07, 6.45) is 1.22. The molecule has 8 heteroatoms. The maximum Gasteiger partial charge on any atom is 0.279 e. The fourth-order valence-electron chi connectivity index (χ4n) is 3.69. The first-order valence-electron chi connectivity index (χ1n) is 10.9. The van der Waals surface area contributed by atoms with E-state index in [-0.39, 0.29) is 16.1 Å². The Hall–Kier alpha value is -4.30. The van der Waals surface area contributed by atoms with Crippen molar-refractivity contribution >= 4 is 21.9 Å². The number of nitro groups is 1. The van der Waals surface area contributed by atoms with Gasteiger partial charge in [-0.05, 0) is 36.2 Å². The van der Waals surface area contributed by atoms with E-state index in [0.29, 0.717) is 11.1 Å². The van der Waals surface area contributed by atoms with E-state index in [4.69, 9.17) is 0 Å². The zero-order valence-electron chi connectivity index (χ0n) is 18.9. The highest BCUT2D eigenvalue weighted by atomic mass is 32.2. The minimum atomic E-state index is -4.15. The second-order valence-electron chi connectivity index (χ2n) is 7.88. The highest BCUT2D eigenvalue weighted by molar-refractivity contribution is 7.89. The summed E-state index contributed by atoms with van der Waals surface area (Å²) in [4.78, 5) is 11.1. The van der Waals surface area contributed by atoms with Gasteiger partial charge in [0, 0.05) is 6.07 Å². The lowest BCUT2D eigenvalue weighted by atomic mass is 9.99. The molecule has 4 rings (SSSR count). The molecule has 0 aliphatic heterocycles. The maximum absolute atomic E-state index is 14.0. The molecule has 0 bridgehead atoms. The molecule has 4 aromatic rings. The summed E-state index contributed by atoms with van der Waals surface area (Å²) in [7, 11) is -4.15. The lowest BCUT2D eigenvalue weighted by Gasteiger charge is -2.29. The number of rotatable bonds is 8. The van der Waals surface area contributed by atoms with Gasteiger partial charge in [0.2, 0.25) is 0 Å². The summed E-state index contributed by atoms with van der Waals surface area (Å²) in [6.45, 7) is 1.87. The van der Waals surface area contributed by atoms with Gasteiger partial charge in [0.15, 0.2) is 0 Å². The average molecular weight is 486 g/mol. The minimum Gasteiger partial charge on any atom is -0.258 e. The van der Waals surface area contributed by atoms with Crippen molar-refractivity contribution < 1.29 is 13.3 Å². The molecule has 0 heterocycles. The third kappa shape index (κ3) is 5.28. The maximum atomic E-state index is 14.0. The monoisotopic (exact) mass is 485 g/mol. The zero-order chi connectivity index (χ0) is 24.8. The molecule has 4 aromatic carbocycles. The predicted octanol–water partition coefficient (Wildman–Crippen LogP) is 5.72. The van der Waals surface area contributed by atoms with Gasteiger partial charge in [-0.2, -0.15) is 17.9 Å². The number of aryl methyl sites for hydroxylation is 1. The normalized spacial score (nSPS) is 11.6. The van der Waals surface area contributed by atoms with Crippen molar-refractivity contribution in [1.82, 2.24) is 4.41 Å². The van der Waals surface area contributed by atoms with Crippen LogP contribution in [0.2, 0.25) is 0 Å². The Kier molecular flexibility index (Phi) is 7.03. The molecule has 0 saturated heterocycles. The second kappa shape index (κ2) is 10.3. The number of hydrogen-bond acceptors (Lipinski definition) is 5. The molecule has 0 amide bonds. The SMILES string of the molecule is Cc1ccc(S(=O)(=O)N(/N=C/c2ccccc2[N+](=O)[O-])C(c2ccccc2)c2ccccc2)cc1. The van der Waals surface area contributed by atoms with Gasteiger partial charge in [0.1, 0.15) is 6.04 Å². The van der Waals surface area contributed by atoms with Gasteiger partial charge >= 0.3 is 0 Å². The van der Waals surface area contributed by atoms with E-state index in [1.807, 2.05) is 67.6 Å². The number of benzene rings is 4. The van der Waals surface area contributed by atoms with Crippen LogP contribution in [-0.4, -0.2) is 24.0 Å². The highest BCUT2D eigenvalue weighted by Crippen LogP contribution is 2.34. The Labute approximate surface area is 204 Å². The average Bonchev–Trinajstić information content (AvgIpc) is 2.88. The molecule has 7 nitrogen and oxygen atoms in total. The molecule has 0 N–H and O–H groups in total. The molecule has 0 saturated carbocycles. The molecule has 0 aliphatic carbocycles. The van der Waals surface area contributed by atoms with Crippen molar-refractivity contribution in [2.24, 2.45) is 5.10 Å². The van der Waals surface area contributed by atoms with E-state index in [2.05, 4.69) is 5.10 Å². The molecule has 0 atom stereocenters. The Morgan fingerprint density at radius 3 is 1.86 bits per heavy atom. The van der Waals surface area contributed by atoms with Crippen molar-refractivity contribution in [2.45, 2.75) is 17.9 Å². The van der Waals surface area contributed by atoms with Gasteiger partial charge in [0.25, 0.3) is 15.7 Å². The van der Waals surface area contributed by atoms with E-state index in [0.717, 1.165) is 9.98 Å². The Balaban J connectivity index is 1.93. The molecule has 0 aromatic heterocycles. The number of para-hydroxylation sites is 1. The smallest absolute Gasteiger partial charge is 0.258 e. The molecule has 0 aliphatic rings. The highest BCUT2D eigenvalue weighted by Gasteiger charge is 2.33. The molecule has 35 heavy (non-hydrogen) atoms. The van der Waals surface area contributed by atoms with Crippen molar-refractivity contribution in [3.8, 4) is 0 Å². The molecule has 0 unspecified atom stereocenters. The molecule has 0 spiro atoms. The number of sulfonamides is 1. The largest absolute Gasteiger partial charge is 0.279 e. The number of hydrogen-bond donors (Lipinski definition) is 0. The van der Waals surface area contributed by atoms with Crippen molar-refractivity contribution in [1.29, 1.82) is 0 Å². The fourth-order valence-corrected chi connectivity index (χ4v) is 5.07. The summed E-state index contributed by atoms with van der Waals surface area (Å²) in [5.74, 6) is 0. The summed E-state index contributed by atoms with van der Waals surface area (Å²) >= 11 is 0. The van der Waals surface area contributed by atoms with Gasteiger partial charge in [-0.1, -0.05) is 90.5 Å². The number of nitrogens with zero attached hydrogens (tertiary/aromatic N) is 3. The molecule has 0 fully saturated rings. The first kappa shape index (κ1) is 23.8. The van der Waals surface area contributed by atoms with Crippen LogP contribution in [0.15, 0.2) is 119 Å². The van der Waals surface area contributed by atoms with E-state index in [1.165, 1.54) is 30.5 Å². The summed E-state index contributed by atoms with van der Waals surface area (Å²) in [5, 5.41) is 15.9. The third-order valence-corrected chi connectivity index (χ3v) is 7.13. The number of hydrazone groups is 1. The molecular formula is C27H23N3O4S. The van der Waals surface area contributed by atoms with Crippen molar-refractivity contribution in [3.63, 3.8) is 0 Å². The second-order valence-corrected chi connectivity index (χ2v) is 9.67. The topological polar surface area (TPSA) is 92.9 Å². The molecular weight excluding hydrogens is 462 g/mol. The first-order valence-corrected chi connectivity index (χ1v) is 12.3. The van der Waals surface area contributed by atoms with Gasteiger partial charge in [-0.15, -0.1) is 0 Å². The van der Waals surface area contributed by atoms with Crippen LogP contribution in [0.25, 0.3) is 0 Å². The summed E-state index contributed by atoms with van der Waals surface area (Å²) < 4.78 is 28.9. The minimum absolute atomic E-state index is 0.0691. The summed E-state index contributed by atoms with van der Waals surface area (Å²) in [6, 6.07) is 30.1. The van der Waals surface area contributed by atoms with Crippen LogP contribution in [0, 0.1) is 17.0 Å². The lowest BCUT2D eigenvalue weighted by molar-refractivity contribution is -0.385. The van der Waals surface area contributed by atoms with Gasteiger partial charge in [0.05, 0.1) is 21.6 Å². The standard InChI is InChI=1S/C27H23N3O4S/c1-21-16-18-25(19-17-21)35(33,34)29(28-20-24-14-8-9-15-26(24)30(31)32)27(22-10-4-2-5-11-22)23-12-6-3-7-13-23/h2-20,27H,1H3/b28-20+. The number of nitro benzene ring substituents is 1. The Morgan fingerprint density at radius 2 is 1.31 bits per heavy atom. The van der Waals surface area contributed by atoms with E-state index in [1.54, 1.807) is 24.3 Å². The van der Waals surface area contributed by atoms with Crippen LogP contribution in [0.1, 0.15) is 28.3 Å². The van der Waals surface area contributed by atoms with E-state index >= 15 is 0 Å². The molecule has 176 valence electrons. The van der Waals surface area contributed by atoms with Crippen LogP contribution in [0.4, 0.5) is 5.69 Å². The van der Waals surface area contributed by atoms with Crippen molar-refractivity contribution in [3.05, 3.63) is 142 Å². The summed E-state index contributed by atoms with van der Waals surface area (Å²) in [5.41, 5.74) is 2.35. The van der Waals surface area contributed by atoms with Crippen LogP contribution >= 0.6 is 0 Å². The van der Waals surface area contributed by atoms with Crippen LogP contribution in [0.5, 0.6) is 0 Å². The zero-order valence-corrected chi connectivity index (χ0v) is 19.7. The van der Waals surface area contributed by atoms with Gasteiger partial charge in [-0.3, -0.25) is 10.1 Å². The van der Waals surface area contributed by atoms with Crippen LogP contribution < -0.4 is 0 Å². The Morgan fingerprint density at radius 1 is 0.800 bits per heavy atom. The lowest BCUT2D eigenvalue weighted by Crippen LogP contribution is -2.31. The van der Waals surface area contributed by atoms with Crippen LogP contribution in [0.3, 0.4) is 0 Å². The van der Waals surface area contributed by atoms with E-state index < -0.39 is 21.0 Å². The van der Waals surface area contributed by atoms with Crippen molar-refractivity contribution in [2.75, 3.05) is 0 Å². The molecule has 0 radical (unpaired) electrons. The Bertz CT molecular complexity index is 1400. The van der Waals surface area contributed by atoms with Gasteiger partial charge in [-0.25, -0.2) is 0 Å².